The third-order valence-corrected chi connectivity index (χ3v) is 4.24. The zero-order valence-corrected chi connectivity index (χ0v) is 13.1. The molecule has 0 aliphatic carbocycles. The van der Waals surface area contributed by atoms with E-state index in [1.165, 1.54) is 0 Å². The number of nitrogens with zero attached hydrogens (tertiary/aromatic N) is 3. The van der Waals surface area contributed by atoms with E-state index in [1.54, 1.807) is 6.20 Å². The van der Waals surface area contributed by atoms with Crippen molar-refractivity contribution in [1.82, 2.24) is 9.55 Å². The zero-order chi connectivity index (χ0) is 15.1. The topological polar surface area (TPSA) is 22.2 Å². The predicted octanol–water partition coefficient (Wildman–Crippen LogP) is 5.49. The minimum atomic E-state index is 0.651. The van der Waals surface area contributed by atoms with Crippen LogP contribution in [-0.4, -0.2) is 9.55 Å². The van der Waals surface area contributed by atoms with Gasteiger partial charge in [0.15, 0.2) is 5.69 Å². The van der Waals surface area contributed by atoms with Gasteiger partial charge in [0.1, 0.15) is 0 Å². The third kappa shape index (κ3) is 1.91. The van der Waals surface area contributed by atoms with Crippen molar-refractivity contribution in [1.29, 1.82) is 0 Å². The van der Waals surface area contributed by atoms with Gasteiger partial charge in [-0.25, -0.2) is 4.85 Å². The van der Waals surface area contributed by atoms with Gasteiger partial charge in [-0.15, -0.1) is 0 Å². The van der Waals surface area contributed by atoms with Crippen molar-refractivity contribution < 1.29 is 0 Å². The fourth-order valence-electron chi connectivity index (χ4n) is 2.82. The molecule has 0 amide bonds. The Morgan fingerprint density at radius 3 is 2.50 bits per heavy atom. The molecule has 0 aliphatic heterocycles. The molecule has 0 atom stereocenters. The lowest BCUT2D eigenvalue weighted by Gasteiger charge is -2.06. The molecule has 0 bridgehead atoms. The lowest BCUT2D eigenvalue weighted by molar-refractivity contribution is 1.14. The predicted molar refractivity (Wildman–Crippen MR) is 92.5 cm³/mol. The quantitative estimate of drug-likeness (QED) is 0.417. The number of hydrogen-bond donors (Lipinski definition) is 0. The second-order valence-corrected chi connectivity index (χ2v) is 5.94. The minimum absolute atomic E-state index is 0.651. The normalized spacial score (nSPS) is 10.9. The van der Waals surface area contributed by atoms with Gasteiger partial charge in [0.2, 0.25) is 0 Å². The number of halogens is 1. The Labute approximate surface area is 135 Å². The smallest absolute Gasteiger partial charge is 0.188 e. The molecule has 0 saturated heterocycles. The Morgan fingerprint density at radius 1 is 1.00 bits per heavy atom. The molecular formula is C18H10BrN3. The summed E-state index contributed by atoms with van der Waals surface area (Å²) >= 11 is 3.54. The first-order chi connectivity index (χ1) is 10.8. The van der Waals surface area contributed by atoms with E-state index in [-0.39, 0.29) is 0 Å². The van der Waals surface area contributed by atoms with Crippen LogP contribution in [0.4, 0.5) is 5.69 Å². The largest absolute Gasteiger partial charge is 0.308 e. The average molecular weight is 348 g/mol. The van der Waals surface area contributed by atoms with Crippen LogP contribution in [0.15, 0.2) is 65.4 Å². The molecule has 2 heterocycles. The SMILES string of the molecule is [C-]#[N+]c1ccc2c(c1)c1cc(Br)ccc1n2-c1cccnc1. The maximum atomic E-state index is 7.24. The Hall–Kier alpha value is -2.64. The Kier molecular flexibility index (Phi) is 2.95. The molecule has 0 fully saturated rings. The summed E-state index contributed by atoms with van der Waals surface area (Å²) in [7, 11) is 0. The number of aromatic nitrogens is 2. The van der Waals surface area contributed by atoms with Crippen LogP contribution in [0.3, 0.4) is 0 Å². The standard InChI is InChI=1S/C18H10BrN3/c1-20-13-5-7-18-16(10-13)15-9-12(19)4-6-17(15)22(18)14-3-2-8-21-11-14/h2-11H. The van der Waals surface area contributed by atoms with Crippen molar-refractivity contribution in [2.45, 2.75) is 0 Å². The van der Waals surface area contributed by atoms with E-state index in [2.05, 4.69) is 42.5 Å². The van der Waals surface area contributed by atoms with E-state index < -0.39 is 0 Å². The van der Waals surface area contributed by atoms with Crippen LogP contribution in [0.5, 0.6) is 0 Å². The molecule has 3 nitrogen and oxygen atoms in total. The molecule has 104 valence electrons. The van der Waals surface area contributed by atoms with Crippen LogP contribution in [0.25, 0.3) is 32.3 Å². The molecule has 4 aromatic rings. The Balaban J connectivity index is 2.21. The van der Waals surface area contributed by atoms with Crippen LogP contribution in [0.1, 0.15) is 0 Å². The van der Waals surface area contributed by atoms with Gasteiger partial charge in [0.05, 0.1) is 29.5 Å². The molecule has 0 N–H and O–H groups in total. The van der Waals surface area contributed by atoms with Crippen LogP contribution < -0.4 is 0 Å². The summed E-state index contributed by atoms with van der Waals surface area (Å²) in [6.45, 7) is 7.24. The minimum Gasteiger partial charge on any atom is -0.308 e. The summed E-state index contributed by atoms with van der Waals surface area (Å²) in [4.78, 5) is 7.78. The molecule has 2 aromatic carbocycles. The molecule has 0 spiro atoms. The van der Waals surface area contributed by atoms with Crippen molar-refractivity contribution in [2.75, 3.05) is 0 Å². The number of hydrogen-bond acceptors (Lipinski definition) is 1. The summed E-state index contributed by atoms with van der Waals surface area (Å²) in [6, 6.07) is 16.0. The second kappa shape index (κ2) is 4.97. The fourth-order valence-corrected chi connectivity index (χ4v) is 3.18. The van der Waals surface area contributed by atoms with E-state index in [4.69, 9.17) is 6.57 Å². The van der Waals surface area contributed by atoms with Gasteiger partial charge in [-0.3, -0.25) is 4.98 Å². The van der Waals surface area contributed by atoms with E-state index in [9.17, 15) is 0 Å². The number of rotatable bonds is 1. The molecule has 0 unspecified atom stereocenters. The summed E-state index contributed by atoms with van der Waals surface area (Å²) in [5.41, 5.74) is 3.85. The molecule has 4 heteroatoms. The maximum Gasteiger partial charge on any atom is 0.188 e. The zero-order valence-electron chi connectivity index (χ0n) is 11.5. The van der Waals surface area contributed by atoms with Gasteiger partial charge in [0, 0.05) is 16.1 Å². The lowest BCUT2D eigenvalue weighted by Crippen LogP contribution is -1.93. The van der Waals surface area contributed by atoms with Crippen LogP contribution >= 0.6 is 15.9 Å². The first kappa shape index (κ1) is 13.1. The lowest BCUT2D eigenvalue weighted by atomic mass is 10.1. The monoisotopic (exact) mass is 347 g/mol. The molecule has 22 heavy (non-hydrogen) atoms. The molecule has 4 rings (SSSR count). The van der Waals surface area contributed by atoms with Gasteiger partial charge in [0.25, 0.3) is 0 Å². The van der Waals surface area contributed by atoms with E-state index >= 15 is 0 Å². The molecule has 0 aliphatic rings. The number of fused-ring (bicyclic) bond motifs is 3. The van der Waals surface area contributed by atoms with Gasteiger partial charge < -0.3 is 4.57 Å². The molecule has 0 saturated carbocycles. The molecule has 2 aromatic heterocycles. The third-order valence-electron chi connectivity index (χ3n) is 3.74. The molecular weight excluding hydrogens is 338 g/mol. The van der Waals surface area contributed by atoms with Crippen molar-refractivity contribution in [3.63, 3.8) is 0 Å². The van der Waals surface area contributed by atoms with Crippen molar-refractivity contribution >= 4 is 43.4 Å². The van der Waals surface area contributed by atoms with E-state index in [1.807, 2.05) is 42.6 Å². The number of pyridine rings is 1. The van der Waals surface area contributed by atoms with Gasteiger partial charge in [-0.2, -0.15) is 0 Å². The highest BCUT2D eigenvalue weighted by Crippen LogP contribution is 2.35. The fraction of sp³-hybridized carbons (Fsp3) is 0. The van der Waals surface area contributed by atoms with Crippen molar-refractivity contribution in [3.05, 3.63) is 76.8 Å². The first-order valence-corrected chi connectivity index (χ1v) is 7.59. The van der Waals surface area contributed by atoms with Gasteiger partial charge >= 0.3 is 0 Å². The highest BCUT2D eigenvalue weighted by molar-refractivity contribution is 9.10. The second-order valence-electron chi connectivity index (χ2n) is 5.02. The van der Waals surface area contributed by atoms with Crippen LogP contribution in [0.2, 0.25) is 0 Å². The Bertz CT molecular complexity index is 1040. The van der Waals surface area contributed by atoms with Gasteiger partial charge in [-0.05, 0) is 47.9 Å². The summed E-state index contributed by atoms with van der Waals surface area (Å²) < 4.78 is 3.20. The van der Waals surface area contributed by atoms with E-state index in [0.717, 1.165) is 32.0 Å². The summed E-state index contributed by atoms with van der Waals surface area (Å²) in [5.74, 6) is 0. The highest BCUT2D eigenvalue weighted by Gasteiger charge is 2.13. The Morgan fingerprint density at radius 2 is 1.77 bits per heavy atom. The average Bonchev–Trinajstić information content (AvgIpc) is 2.88. The van der Waals surface area contributed by atoms with Crippen molar-refractivity contribution in [3.8, 4) is 5.69 Å². The molecule has 0 radical (unpaired) electrons. The van der Waals surface area contributed by atoms with Crippen LogP contribution in [-0.2, 0) is 0 Å². The number of benzene rings is 2. The van der Waals surface area contributed by atoms with Crippen LogP contribution in [0, 0.1) is 6.57 Å². The summed E-state index contributed by atoms with van der Waals surface area (Å²) in [5, 5.41) is 2.20. The maximum absolute atomic E-state index is 7.24. The highest BCUT2D eigenvalue weighted by atomic mass is 79.9. The van der Waals surface area contributed by atoms with Gasteiger partial charge in [-0.1, -0.05) is 22.0 Å². The first-order valence-electron chi connectivity index (χ1n) is 6.79. The summed E-state index contributed by atoms with van der Waals surface area (Å²) in [6.07, 6.45) is 3.62. The van der Waals surface area contributed by atoms with Crippen molar-refractivity contribution in [2.24, 2.45) is 0 Å². The van der Waals surface area contributed by atoms with E-state index in [0.29, 0.717) is 5.69 Å².